The van der Waals surface area contributed by atoms with Crippen molar-refractivity contribution in [2.75, 3.05) is 0 Å². The second kappa shape index (κ2) is 11.7. The third-order valence-electron chi connectivity index (χ3n) is 10.6. The van der Waals surface area contributed by atoms with Gasteiger partial charge in [0.15, 0.2) is 17.5 Å². The third kappa shape index (κ3) is 4.52. The fourth-order valence-electron chi connectivity index (χ4n) is 8.29. The first-order valence-corrected chi connectivity index (χ1v) is 18.0. The Morgan fingerprint density at radius 1 is 0.321 bits per heavy atom. The minimum absolute atomic E-state index is 0.650. The van der Waals surface area contributed by atoms with Gasteiger partial charge in [-0.05, 0) is 45.1 Å². The molecule has 4 heteroatoms. The van der Waals surface area contributed by atoms with E-state index >= 15 is 0 Å². The van der Waals surface area contributed by atoms with Crippen molar-refractivity contribution < 1.29 is 0 Å². The summed E-state index contributed by atoms with van der Waals surface area (Å²) in [7, 11) is 0. The Hall–Kier alpha value is -7.17. The largest absolute Gasteiger partial charge is 0.308 e. The molecule has 53 heavy (non-hydrogen) atoms. The molecule has 11 rings (SSSR count). The van der Waals surface area contributed by atoms with Crippen molar-refractivity contribution in [3.63, 3.8) is 0 Å². The topological polar surface area (TPSA) is 43.6 Å². The summed E-state index contributed by atoms with van der Waals surface area (Å²) in [5.74, 6) is 1.95. The molecule has 0 aliphatic rings. The van der Waals surface area contributed by atoms with Crippen LogP contribution in [0.2, 0.25) is 0 Å². The Morgan fingerprint density at radius 2 is 0.849 bits per heavy atom. The molecule has 0 bridgehead atoms. The normalized spacial score (nSPS) is 11.8. The van der Waals surface area contributed by atoms with E-state index in [0.717, 1.165) is 27.8 Å². The quantitative estimate of drug-likeness (QED) is 0.175. The predicted molar refractivity (Wildman–Crippen MR) is 220 cm³/mol. The van der Waals surface area contributed by atoms with Crippen molar-refractivity contribution >= 4 is 64.9 Å². The molecule has 0 N–H and O–H groups in total. The summed E-state index contributed by atoms with van der Waals surface area (Å²) < 4.78 is 2.49. The van der Waals surface area contributed by atoms with Gasteiger partial charge in [0.1, 0.15) is 0 Å². The molecule has 2 heterocycles. The highest BCUT2D eigenvalue weighted by molar-refractivity contribution is 6.39. The number of fused-ring (bicyclic) bond motifs is 12. The van der Waals surface area contributed by atoms with Crippen molar-refractivity contribution in [3.8, 4) is 39.9 Å². The second-order valence-electron chi connectivity index (χ2n) is 13.6. The summed E-state index contributed by atoms with van der Waals surface area (Å²) >= 11 is 0. The maximum atomic E-state index is 5.20. The molecule has 0 unspecified atom stereocenters. The smallest absolute Gasteiger partial charge is 0.164 e. The summed E-state index contributed by atoms with van der Waals surface area (Å²) in [6.07, 6.45) is 0. The molecule has 4 nitrogen and oxygen atoms in total. The molecule has 0 aliphatic carbocycles. The Kier molecular flexibility index (Phi) is 6.52. The van der Waals surface area contributed by atoms with Crippen LogP contribution in [0.1, 0.15) is 0 Å². The van der Waals surface area contributed by atoms with Gasteiger partial charge in [0.25, 0.3) is 0 Å². The van der Waals surface area contributed by atoms with Crippen LogP contribution in [0.25, 0.3) is 105 Å². The van der Waals surface area contributed by atoms with E-state index in [-0.39, 0.29) is 0 Å². The van der Waals surface area contributed by atoms with E-state index in [2.05, 4.69) is 150 Å². The summed E-state index contributed by atoms with van der Waals surface area (Å²) in [5.41, 5.74) is 6.44. The number of nitrogens with zero attached hydrogens (tertiary/aromatic N) is 4. The van der Waals surface area contributed by atoms with Gasteiger partial charge in [-0.1, -0.05) is 164 Å². The Labute approximate surface area is 305 Å². The molecule has 0 radical (unpaired) electrons. The van der Waals surface area contributed by atoms with Gasteiger partial charge < -0.3 is 4.57 Å². The van der Waals surface area contributed by atoms with E-state index in [9.17, 15) is 0 Å². The number of hydrogen-bond acceptors (Lipinski definition) is 3. The van der Waals surface area contributed by atoms with E-state index in [1.54, 1.807) is 0 Å². The van der Waals surface area contributed by atoms with Gasteiger partial charge >= 0.3 is 0 Å². The van der Waals surface area contributed by atoms with E-state index in [1.165, 1.54) is 59.5 Å². The lowest BCUT2D eigenvalue weighted by Crippen LogP contribution is -2.01. The molecule has 9 aromatic carbocycles. The summed E-state index contributed by atoms with van der Waals surface area (Å²) in [5, 5.41) is 12.0. The SMILES string of the molecule is c1ccc(-c2nc(-c3ccccc3)nc(-c3cc4c5ccccc5c5c(c6ccc7ccccc7c6n5-c5ccccc5)c4c4ccccc34)n2)cc1. The van der Waals surface area contributed by atoms with Crippen LogP contribution in [-0.2, 0) is 0 Å². The molecule has 2 aromatic heterocycles. The van der Waals surface area contributed by atoms with Crippen molar-refractivity contribution in [1.82, 2.24) is 19.5 Å². The highest BCUT2D eigenvalue weighted by Crippen LogP contribution is 2.48. The highest BCUT2D eigenvalue weighted by atomic mass is 15.0. The first kappa shape index (κ1) is 29.5. The Morgan fingerprint density at radius 3 is 1.53 bits per heavy atom. The predicted octanol–water partition coefficient (Wildman–Crippen LogP) is 12.6. The first-order chi connectivity index (χ1) is 26.3. The van der Waals surface area contributed by atoms with Crippen LogP contribution >= 0.6 is 0 Å². The molecule has 0 atom stereocenters. The van der Waals surface area contributed by atoms with Gasteiger partial charge in [0, 0.05) is 49.3 Å². The Balaban J connectivity index is 1.33. The number of rotatable bonds is 4. The van der Waals surface area contributed by atoms with E-state index in [0.29, 0.717) is 17.5 Å². The molecular weight excluding hydrogens is 645 g/mol. The number of benzene rings is 9. The van der Waals surface area contributed by atoms with Crippen molar-refractivity contribution in [1.29, 1.82) is 0 Å². The third-order valence-corrected chi connectivity index (χ3v) is 10.6. The van der Waals surface area contributed by atoms with Crippen LogP contribution in [0.5, 0.6) is 0 Å². The van der Waals surface area contributed by atoms with Crippen LogP contribution in [0.15, 0.2) is 182 Å². The molecule has 0 spiro atoms. The summed E-state index contributed by atoms with van der Waals surface area (Å²) in [4.78, 5) is 15.4. The number of aromatic nitrogens is 4. The average Bonchev–Trinajstić information content (AvgIpc) is 3.60. The molecule has 0 amide bonds. The minimum atomic E-state index is 0.650. The molecule has 246 valence electrons. The van der Waals surface area contributed by atoms with Crippen LogP contribution in [0, 0.1) is 0 Å². The number of para-hydroxylation sites is 1. The van der Waals surface area contributed by atoms with Crippen molar-refractivity contribution in [2.45, 2.75) is 0 Å². The molecular formula is C49H30N4. The zero-order chi connectivity index (χ0) is 34.9. The van der Waals surface area contributed by atoms with Crippen molar-refractivity contribution in [3.05, 3.63) is 182 Å². The molecule has 0 fully saturated rings. The van der Waals surface area contributed by atoms with Gasteiger partial charge in [-0.3, -0.25) is 0 Å². The molecule has 0 saturated carbocycles. The molecule has 0 aliphatic heterocycles. The molecule has 11 aromatic rings. The zero-order valence-corrected chi connectivity index (χ0v) is 28.6. The standard InChI is InChI=1S/C49H30N4/c1-4-17-32(18-5-1)47-50-48(33-19-6-2-7-20-33)52-49(51-47)42-30-41-37-25-13-15-27-39(37)46-44(43(41)38-26-14-12-24-36(38)42)40-29-28-31-16-10-11-23-35(31)45(40)53(46)34-21-8-3-9-22-34/h1-30H. The number of hydrogen-bond donors (Lipinski definition) is 0. The van der Waals surface area contributed by atoms with Gasteiger partial charge in [-0.2, -0.15) is 0 Å². The first-order valence-electron chi connectivity index (χ1n) is 18.0. The van der Waals surface area contributed by atoms with Crippen LogP contribution in [-0.4, -0.2) is 19.5 Å². The van der Waals surface area contributed by atoms with E-state index < -0.39 is 0 Å². The highest BCUT2D eigenvalue weighted by Gasteiger charge is 2.24. The Bertz CT molecular complexity index is 3150. The second-order valence-corrected chi connectivity index (χ2v) is 13.6. The minimum Gasteiger partial charge on any atom is -0.308 e. The van der Waals surface area contributed by atoms with E-state index in [1.807, 2.05) is 36.4 Å². The lowest BCUT2D eigenvalue weighted by Gasteiger charge is -2.16. The average molecular weight is 675 g/mol. The summed E-state index contributed by atoms with van der Waals surface area (Å²) in [6.45, 7) is 0. The lowest BCUT2D eigenvalue weighted by atomic mass is 9.90. The van der Waals surface area contributed by atoms with Crippen molar-refractivity contribution in [2.24, 2.45) is 0 Å². The van der Waals surface area contributed by atoms with Gasteiger partial charge in [0.05, 0.1) is 11.0 Å². The maximum absolute atomic E-state index is 5.20. The van der Waals surface area contributed by atoms with Gasteiger partial charge in [0.2, 0.25) is 0 Å². The monoisotopic (exact) mass is 674 g/mol. The maximum Gasteiger partial charge on any atom is 0.164 e. The van der Waals surface area contributed by atoms with Gasteiger partial charge in [-0.25, -0.2) is 15.0 Å². The van der Waals surface area contributed by atoms with Crippen LogP contribution < -0.4 is 0 Å². The lowest BCUT2D eigenvalue weighted by molar-refractivity contribution is 1.08. The van der Waals surface area contributed by atoms with E-state index in [4.69, 9.17) is 15.0 Å². The fourth-order valence-corrected chi connectivity index (χ4v) is 8.29. The fraction of sp³-hybridized carbons (Fsp3) is 0. The van der Waals surface area contributed by atoms with Gasteiger partial charge in [-0.15, -0.1) is 0 Å². The zero-order valence-electron chi connectivity index (χ0n) is 28.6. The van der Waals surface area contributed by atoms with Crippen LogP contribution in [0.3, 0.4) is 0 Å². The molecule has 0 saturated heterocycles. The van der Waals surface area contributed by atoms with Crippen LogP contribution in [0.4, 0.5) is 0 Å². The summed E-state index contributed by atoms with van der Waals surface area (Å²) in [6, 6.07) is 64.4.